The first-order chi connectivity index (χ1) is 9.63. The number of hydrogen-bond donors (Lipinski definition) is 1. The summed E-state index contributed by atoms with van der Waals surface area (Å²) in [4.78, 5) is 0. The van der Waals surface area contributed by atoms with E-state index in [1.165, 1.54) is 0 Å². The van der Waals surface area contributed by atoms with E-state index < -0.39 is 0 Å². The molecule has 0 saturated carbocycles. The van der Waals surface area contributed by atoms with Crippen molar-refractivity contribution in [2.45, 2.75) is 32.7 Å². The van der Waals surface area contributed by atoms with Crippen LogP contribution in [0.1, 0.15) is 36.3 Å². The average molecular weight is 312 g/mol. The van der Waals surface area contributed by atoms with Crippen LogP contribution in [0.25, 0.3) is 0 Å². The molecule has 0 spiro atoms. The Morgan fingerprint density at radius 1 is 1.20 bits per heavy atom. The highest BCUT2D eigenvalue weighted by atomic mass is 35.5. The third-order valence-electron chi connectivity index (χ3n) is 3.39. The quantitative estimate of drug-likeness (QED) is 0.795. The molecule has 0 aliphatic carbocycles. The van der Waals surface area contributed by atoms with Crippen molar-refractivity contribution >= 4 is 23.2 Å². The number of aryl methyl sites for hydroxylation is 1. The molecule has 0 aliphatic heterocycles. The van der Waals surface area contributed by atoms with Gasteiger partial charge in [0.15, 0.2) is 0 Å². The standard InChI is InChI=1S/C16H19Cl2NO/c1-3-8-19-16(12-7-9-20-11(12)2)10-13-14(17)5-4-6-15(13)18/h4-7,9,16,19H,3,8,10H2,1-2H3. The fraction of sp³-hybridized carbons (Fsp3) is 0.375. The smallest absolute Gasteiger partial charge is 0.105 e. The van der Waals surface area contributed by atoms with E-state index in [0.29, 0.717) is 10.0 Å². The molecule has 108 valence electrons. The zero-order valence-corrected chi connectivity index (χ0v) is 13.3. The molecule has 0 saturated heterocycles. The molecule has 2 nitrogen and oxygen atoms in total. The second kappa shape index (κ2) is 7.16. The lowest BCUT2D eigenvalue weighted by Gasteiger charge is -2.19. The first-order valence-corrected chi connectivity index (χ1v) is 7.59. The molecule has 4 heteroatoms. The monoisotopic (exact) mass is 311 g/mol. The molecular weight excluding hydrogens is 293 g/mol. The van der Waals surface area contributed by atoms with Gasteiger partial charge in [-0.25, -0.2) is 0 Å². The molecule has 1 atom stereocenters. The van der Waals surface area contributed by atoms with Crippen LogP contribution in [0.5, 0.6) is 0 Å². The van der Waals surface area contributed by atoms with Crippen molar-refractivity contribution in [2.75, 3.05) is 6.54 Å². The van der Waals surface area contributed by atoms with Gasteiger partial charge in [0.2, 0.25) is 0 Å². The number of benzene rings is 1. The van der Waals surface area contributed by atoms with E-state index in [0.717, 1.165) is 36.3 Å². The van der Waals surface area contributed by atoms with Gasteiger partial charge in [0.1, 0.15) is 5.76 Å². The van der Waals surface area contributed by atoms with Crippen LogP contribution >= 0.6 is 23.2 Å². The highest BCUT2D eigenvalue weighted by molar-refractivity contribution is 6.36. The number of halogens is 2. The Morgan fingerprint density at radius 2 is 1.90 bits per heavy atom. The van der Waals surface area contributed by atoms with E-state index in [2.05, 4.69) is 12.2 Å². The maximum absolute atomic E-state index is 6.27. The second-order valence-electron chi connectivity index (χ2n) is 4.84. The van der Waals surface area contributed by atoms with Crippen LogP contribution in [-0.2, 0) is 6.42 Å². The molecule has 1 aromatic carbocycles. The SMILES string of the molecule is CCCNC(Cc1c(Cl)cccc1Cl)c1ccoc1C. The van der Waals surface area contributed by atoms with Crippen molar-refractivity contribution in [3.8, 4) is 0 Å². The molecular formula is C16H19Cl2NO. The fourth-order valence-electron chi connectivity index (χ4n) is 2.30. The topological polar surface area (TPSA) is 25.2 Å². The highest BCUT2D eigenvalue weighted by Gasteiger charge is 2.18. The van der Waals surface area contributed by atoms with Crippen LogP contribution < -0.4 is 5.32 Å². The predicted molar refractivity (Wildman–Crippen MR) is 84.6 cm³/mol. The van der Waals surface area contributed by atoms with Gasteiger partial charge in [0, 0.05) is 21.7 Å². The highest BCUT2D eigenvalue weighted by Crippen LogP contribution is 2.30. The maximum Gasteiger partial charge on any atom is 0.105 e. The molecule has 2 rings (SSSR count). The lowest BCUT2D eigenvalue weighted by atomic mass is 9.99. The first kappa shape index (κ1) is 15.4. The summed E-state index contributed by atoms with van der Waals surface area (Å²) < 4.78 is 5.42. The summed E-state index contributed by atoms with van der Waals surface area (Å²) in [7, 11) is 0. The van der Waals surface area contributed by atoms with Gasteiger partial charge in [-0.1, -0.05) is 36.2 Å². The molecule has 2 aromatic rings. The van der Waals surface area contributed by atoms with Gasteiger partial charge in [-0.2, -0.15) is 0 Å². The Labute approximate surface area is 130 Å². The lowest BCUT2D eigenvalue weighted by molar-refractivity contribution is 0.494. The number of nitrogens with one attached hydrogen (secondary N) is 1. The van der Waals surface area contributed by atoms with E-state index in [1.54, 1.807) is 6.26 Å². The molecule has 0 radical (unpaired) electrons. The van der Waals surface area contributed by atoms with Gasteiger partial charge in [0.25, 0.3) is 0 Å². The largest absolute Gasteiger partial charge is 0.469 e. The normalized spacial score (nSPS) is 12.6. The summed E-state index contributed by atoms with van der Waals surface area (Å²) >= 11 is 12.5. The first-order valence-electron chi connectivity index (χ1n) is 6.83. The van der Waals surface area contributed by atoms with E-state index in [1.807, 2.05) is 31.2 Å². The molecule has 0 amide bonds. The lowest BCUT2D eigenvalue weighted by Crippen LogP contribution is -2.24. The molecule has 1 aromatic heterocycles. The molecule has 20 heavy (non-hydrogen) atoms. The Balaban J connectivity index is 2.26. The Kier molecular flexibility index (Phi) is 5.53. The molecule has 1 unspecified atom stereocenters. The predicted octanol–water partition coefficient (Wildman–Crippen LogP) is 5.18. The van der Waals surface area contributed by atoms with Gasteiger partial charge in [-0.15, -0.1) is 0 Å². The van der Waals surface area contributed by atoms with Gasteiger partial charge < -0.3 is 9.73 Å². The molecule has 0 fully saturated rings. The van der Waals surface area contributed by atoms with E-state index in [-0.39, 0.29) is 6.04 Å². The molecule has 0 aliphatic rings. The van der Waals surface area contributed by atoms with E-state index in [4.69, 9.17) is 27.6 Å². The summed E-state index contributed by atoms with van der Waals surface area (Å²) in [6.45, 7) is 5.07. The Bertz CT molecular complexity index is 545. The van der Waals surface area contributed by atoms with Crippen molar-refractivity contribution in [1.82, 2.24) is 5.32 Å². The van der Waals surface area contributed by atoms with Crippen molar-refractivity contribution in [2.24, 2.45) is 0 Å². The van der Waals surface area contributed by atoms with Crippen LogP contribution in [0.15, 0.2) is 34.9 Å². The number of hydrogen-bond acceptors (Lipinski definition) is 2. The summed E-state index contributed by atoms with van der Waals surface area (Å²) in [6, 6.07) is 7.79. The third-order valence-corrected chi connectivity index (χ3v) is 4.09. The number of furan rings is 1. The molecule has 0 bridgehead atoms. The van der Waals surface area contributed by atoms with Gasteiger partial charge in [-0.05, 0) is 50.1 Å². The van der Waals surface area contributed by atoms with Crippen molar-refractivity contribution in [1.29, 1.82) is 0 Å². The zero-order valence-electron chi connectivity index (χ0n) is 11.7. The van der Waals surface area contributed by atoms with Crippen LogP contribution in [0, 0.1) is 6.92 Å². The third kappa shape index (κ3) is 3.57. The molecule has 1 N–H and O–H groups in total. The van der Waals surface area contributed by atoms with Crippen LogP contribution in [-0.4, -0.2) is 6.54 Å². The van der Waals surface area contributed by atoms with Crippen LogP contribution in [0.2, 0.25) is 10.0 Å². The van der Waals surface area contributed by atoms with Crippen LogP contribution in [0.3, 0.4) is 0 Å². The Morgan fingerprint density at radius 3 is 2.45 bits per heavy atom. The van der Waals surface area contributed by atoms with E-state index in [9.17, 15) is 0 Å². The van der Waals surface area contributed by atoms with E-state index >= 15 is 0 Å². The minimum Gasteiger partial charge on any atom is -0.469 e. The number of rotatable bonds is 6. The summed E-state index contributed by atoms with van der Waals surface area (Å²) in [6.07, 6.45) is 3.54. The molecule has 1 heterocycles. The minimum atomic E-state index is 0.158. The summed E-state index contributed by atoms with van der Waals surface area (Å²) in [5.41, 5.74) is 2.14. The van der Waals surface area contributed by atoms with Crippen molar-refractivity contribution < 1.29 is 4.42 Å². The second-order valence-corrected chi connectivity index (χ2v) is 5.66. The van der Waals surface area contributed by atoms with Crippen molar-refractivity contribution in [3.63, 3.8) is 0 Å². The van der Waals surface area contributed by atoms with Crippen LogP contribution in [0.4, 0.5) is 0 Å². The maximum atomic E-state index is 6.27. The average Bonchev–Trinajstić information content (AvgIpc) is 2.84. The van der Waals surface area contributed by atoms with Gasteiger partial charge >= 0.3 is 0 Å². The summed E-state index contributed by atoms with van der Waals surface area (Å²) in [5.74, 6) is 0.932. The van der Waals surface area contributed by atoms with Crippen molar-refractivity contribution in [3.05, 3.63) is 57.5 Å². The van der Waals surface area contributed by atoms with Gasteiger partial charge in [0.05, 0.1) is 6.26 Å². The minimum absolute atomic E-state index is 0.158. The van der Waals surface area contributed by atoms with Gasteiger partial charge in [-0.3, -0.25) is 0 Å². The zero-order chi connectivity index (χ0) is 14.5. The Hall–Kier alpha value is -0.960. The summed E-state index contributed by atoms with van der Waals surface area (Å²) in [5, 5.41) is 4.96. The fourth-order valence-corrected chi connectivity index (χ4v) is 2.85.